The molecule has 0 amide bonds. The number of aromatic nitrogens is 1. The van der Waals surface area contributed by atoms with Gasteiger partial charge in [-0.3, -0.25) is 19.5 Å². The van der Waals surface area contributed by atoms with E-state index in [9.17, 15) is 19.7 Å². The number of thiazole rings is 1. The molecule has 1 atom stereocenters. The lowest BCUT2D eigenvalue weighted by molar-refractivity contribution is -0.384. The number of carbonyl (C=O) groups is 1. The van der Waals surface area contributed by atoms with Crippen LogP contribution in [0.3, 0.4) is 0 Å². The second-order valence-corrected chi connectivity index (χ2v) is 11.5. The summed E-state index contributed by atoms with van der Waals surface area (Å²) in [5, 5.41) is 11.1. The molecule has 3 heterocycles. The molecule has 0 aliphatic carbocycles. The fraction of sp³-hybridized carbons (Fsp3) is 0.281. The summed E-state index contributed by atoms with van der Waals surface area (Å²) < 4.78 is 18.5. The molecule has 0 fully saturated rings. The Kier molecular flexibility index (Phi) is 8.56. The van der Waals surface area contributed by atoms with Crippen molar-refractivity contribution in [2.75, 3.05) is 20.3 Å². The number of hydrogen-bond donors (Lipinski definition) is 0. The molecule has 1 aliphatic heterocycles. The number of benzene rings is 2. The Bertz CT molecular complexity index is 1910. The van der Waals surface area contributed by atoms with Crippen molar-refractivity contribution in [3.8, 4) is 11.3 Å². The molecule has 10 nitrogen and oxygen atoms in total. The van der Waals surface area contributed by atoms with E-state index in [0.717, 1.165) is 11.1 Å². The number of nitro benzene ring substituents is 1. The third kappa shape index (κ3) is 5.99. The zero-order valence-electron chi connectivity index (χ0n) is 24.5. The SMILES string of the molecule is COCCOC(=O)C1=C(C)N=c2sc(=Cc3ccc(-c4ccc([N+](=O)[O-])cc4C)o3)c(=O)n2C1c1ccc(C(C)C)cc1. The minimum absolute atomic E-state index is 0.000203. The summed E-state index contributed by atoms with van der Waals surface area (Å²) >= 11 is 1.20. The number of furan rings is 1. The van der Waals surface area contributed by atoms with E-state index in [-0.39, 0.29) is 24.5 Å². The molecule has 0 saturated carbocycles. The van der Waals surface area contributed by atoms with Gasteiger partial charge < -0.3 is 13.9 Å². The quantitative estimate of drug-likeness (QED) is 0.114. The highest BCUT2D eigenvalue weighted by Gasteiger charge is 2.33. The van der Waals surface area contributed by atoms with Crippen LogP contribution in [0.1, 0.15) is 55.2 Å². The van der Waals surface area contributed by atoms with Crippen LogP contribution in [0.25, 0.3) is 17.4 Å². The van der Waals surface area contributed by atoms with Crippen molar-refractivity contribution in [3.05, 3.63) is 118 Å². The van der Waals surface area contributed by atoms with E-state index >= 15 is 0 Å². The van der Waals surface area contributed by atoms with Crippen molar-refractivity contribution in [2.45, 2.75) is 39.7 Å². The van der Waals surface area contributed by atoms with E-state index in [1.54, 1.807) is 38.1 Å². The topological polar surface area (TPSA) is 126 Å². The number of carbonyl (C=O) groups excluding carboxylic acids is 1. The lowest BCUT2D eigenvalue weighted by atomic mass is 9.93. The minimum atomic E-state index is -0.732. The van der Waals surface area contributed by atoms with Crippen LogP contribution in [-0.4, -0.2) is 35.8 Å². The molecule has 1 unspecified atom stereocenters. The first-order chi connectivity index (χ1) is 20.6. The zero-order valence-corrected chi connectivity index (χ0v) is 25.3. The van der Waals surface area contributed by atoms with Crippen molar-refractivity contribution in [1.82, 2.24) is 4.57 Å². The molecule has 43 heavy (non-hydrogen) atoms. The summed E-state index contributed by atoms with van der Waals surface area (Å²) in [5.41, 5.74) is 3.75. The number of nitro groups is 1. The van der Waals surface area contributed by atoms with E-state index < -0.39 is 16.9 Å². The number of fused-ring (bicyclic) bond motifs is 1. The maximum absolute atomic E-state index is 13.9. The molecule has 5 rings (SSSR count). The number of hydrogen-bond acceptors (Lipinski definition) is 9. The van der Waals surface area contributed by atoms with Crippen LogP contribution in [0.2, 0.25) is 0 Å². The molecule has 0 N–H and O–H groups in total. The van der Waals surface area contributed by atoms with Crippen LogP contribution in [0.5, 0.6) is 0 Å². The summed E-state index contributed by atoms with van der Waals surface area (Å²) in [6.45, 7) is 8.04. The van der Waals surface area contributed by atoms with Gasteiger partial charge in [0, 0.05) is 30.9 Å². The third-order valence-electron chi connectivity index (χ3n) is 7.27. The van der Waals surface area contributed by atoms with Gasteiger partial charge in [0.2, 0.25) is 0 Å². The molecule has 222 valence electrons. The average Bonchev–Trinajstić information content (AvgIpc) is 3.56. The van der Waals surface area contributed by atoms with Crippen LogP contribution in [-0.2, 0) is 14.3 Å². The van der Waals surface area contributed by atoms with Crippen LogP contribution in [0.4, 0.5) is 5.69 Å². The van der Waals surface area contributed by atoms with Gasteiger partial charge in [0.05, 0.1) is 33.4 Å². The highest BCUT2D eigenvalue weighted by molar-refractivity contribution is 7.07. The van der Waals surface area contributed by atoms with E-state index in [4.69, 9.17) is 13.9 Å². The van der Waals surface area contributed by atoms with Gasteiger partial charge in [-0.1, -0.05) is 49.4 Å². The highest BCUT2D eigenvalue weighted by atomic mass is 32.1. The Morgan fingerprint density at radius 3 is 2.53 bits per heavy atom. The monoisotopic (exact) mass is 601 g/mol. The van der Waals surface area contributed by atoms with E-state index in [0.29, 0.717) is 49.2 Å². The fourth-order valence-electron chi connectivity index (χ4n) is 5.00. The van der Waals surface area contributed by atoms with E-state index in [1.807, 2.05) is 24.3 Å². The molecule has 2 aromatic carbocycles. The number of nitrogens with zero attached hydrogens (tertiary/aromatic N) is 3. The summed E-state index contributed by atoms with van der Waals surface area (Å²) in [7, 11) is 1.53. The molecule has 0 spiro atoms. The van der Waals surface area contributed by atoms with Crippen LogP contribution >= 0.6 is 11.3 Å². The molecule has 0 saturated heterocycles. The first-order valence-electron chi connectivity index (χ1n) is 13.7. The van der Waals surface area contributed by atoms with Crippen molar-refractivity contribution < 1.29 is 23.6 Å². The van der Waals surface area contributed by atoms with Gasteiger partial charge in [0.1, 0.15) is 18.1 Å². The number of allylic oxidation sites excluding steroid dienone is 1. The highest BCUT2D eigenvalue weighted by Crippen LogP contribution is 2.32. The van der Waals surface area contributed by atoms with Gasteiger partial charge in [-0.2, -0.15) is 0 Å². The summed E-state index contributed by atoms with van der Waals surface area (Å²) in [6.07, 6.45) is 1.64. The Morgan fingerprint density at radius 2 is 1.88 bits per heavy atom. The third-order valence-corrected chi connectivity index (χ3v) is 8.25. The Hall–Kier alpha value is -4.61. The summed E-state index contributed by atoms with van der Waals surface area (Å²) in [5.74, 6) is 0.719. The number of aryl methyl sites for hydroxylation is 1. The Morgan fingerprint density at radius 1 is 1.14 bits per heavy atom. The molecule has 4 aromatic rings. The normalized spacial score (nSPS) is 15.0. The van der Waals surface area contributed by atoms with Gasteiger partial charge >= 0.3 is 5.97 Å². The first-order valence-corrected chi connectivity index (χ1v) is 14.5. The lowest BCUT2D eigenvalue weighted by Crippen LogP contribution is -2.40. The number of non-ortho nitro benzene ring substituents is 1. The van der Waals surface area contributed by atoms with Crippen molar-refractivity contribution in [1.29, 1.82) is 0 Å². The summed E-state index contributed by atoms with van der Waals surface area (Å²) in [4.78, 5) is 43.0. The predicted molar refractivity (Wildman–Crippen MR) is 163 cm³/mol. The van der Waals surface area contributed by atoms with Gasteiger partial charge in [-0.15, -0.1) is 0 Å². The summed E-state index contributed by atoms with van der Waals surface area (Å²) in [6, 6.07) is 15.2. The Labute approximate surface area is 251 Å². The standard InChI is InChI=1S/C32H31N3O7S/c1-18(2)21-6-8-22(9-7-21)29-28(31(37)41-15-14-40-5)20(4)33-32-34(29)30(36)27(43-32)17-24-11-13-26(42-24)25-12-10-23(35(38)39)16-19(25)3/h6-13,16-18,29H,14-15H2,1-5H3. The maximum atomic E-state index is 13.9. The predicted octanol–water partition coefficient (Wildman–Crippen LogP) is 5.02. The number of esters is 1. The lowest BCUT2D eigenvalue weighted by Gasteiger charge is -2.25. The smallest absolute Gasteiger partial charge is 0.338 e. The fourth-order valence-corrected chi connectivity index (χ4v) is 6.03. The Balaban J connectivity index is 1.58. The molecule has 11 heteroatoms. The number of rotatable bonds is 9. The second kappa shape index (κ2) is 12.3. The number of ether oxygens (including phenoxy) is 2. The van der Waals surface area contributed by atoms with Gasteiger partial charge in [-0.05, 0) is 54.7 Å². The maximum Gasteiger partial charge on any atom is 0.338 e. The van der Waals surface area contributed by atoms with Crippen molar-refractivity contribution in [2.24, 2.45) is 4.99 Å². The van der Waals surface area contributed by atoms with Gasteiger partial charge in [-0.25, -0.2) is 9.79 Å². The van der Waals surface area contributed by atoms with E-state index in [1.165, 1.54) is 35.1 Å². The van der Waals surface area contributed by atoms with Crippen LogP contribution < -0.4 is 14.9 Å². The average molecular weight is 602 g/mol. The zero-order chi connectivity index (χ0) is 30.8. The van der Waals surface area contributed by atoms with Crippen molar-refractivity contribution >= 4 is 29.1 Å². The van der Waals surface area contributed by atoms with Crippen LogP contribution in [0, 0.1) is 17.0 Å². The first kappa shape index (κ1) is 29.9. The minimum Gasteiger partial charge on any atom is -0.460 e. The van der Waals surface area contributed by atoms with E-state index in [2.05, 4.69) is 18.8 Å². The molecule has 0 bridgehead atoms. The van der Waals surface area contributed by atoms with Gasteiger partial charge in [0.25, 0.3) is 11.2 Å². The molecule has 0 radical (unpaired) electrons. The largest absolute Gasteiger partial charge is 0.460 e. The van der Waals surface area contributed by atoms with Gasteiger partial charge in [0.15, 0.2) is 4.80 Å². The van der Waals surface area contributed by atoms with Crippen molar-refractivity contribution in [3.63, 3.8) is 0 Å². The molecule has 2 aromatic heterocycles. The van der Waals surface area contributed by atoms with Crippen LogP contribution in [0.15, 0.2) is 80.1 Å². The molecular weight excluding hydrogens is 570 g/mol. The molecule has 1 aliphatic rings. The molecular formula is C32H31N3O7S. The second-order valence-electron chi connectivity index (χ2n) is 10.5. The number of methoxy groups -OCH3 is 1.